The fourth-order valence-electron chi connectivity index (χ4n) is 4.02. The Morgan fingerprint density at radius 1 is 1.17 bits per heavy atom. The summed E-state index contributed by atoms with van der Waals surface area (Å²) in [5.41, 5.74) is 0.949. The molecule has 30 heavy (non-hydrogen) atoms. The van der Waals surface area contributed by atoms with Gasteiger partial charge in [-0.15, -0.1) is 24.0 Å². The number of hydrogen-bond acceptors (Lipinski definition) is 5. The summed E-state index contributed by atoms with van der Waals surface area (Å²) in [6.07, 6.45) is 1.27. The van der Waals surface area contributed by atoms with Gasteiger partial charge in [0, 0.05) is 44.7 Å². The molecule has 2 aliphatic rings. The first-order chi connectivity index (χ1) is 14.3. The SMILES string of the molecule is CCNC(=NCC(C1CCOC1)N1CCOCC1)NCCC(O)c1ccccc1.I. The molecular weight excluding hydrogens is 495 g/mol. The molecule has 2 heterocycles. The van der Waals surface area contributed by atoms with Gasteiger partial charge in [-0.3, -0.25) is 9.89 Å². The quantitative estimate of drug-likeness (QED) is 0.257. The van der Waals surface area contributed by atoms with Crippen LogP contribution in [0, 0.1) is 5.92 Å². The number of aliphatic hydroxyl groups is 1. The second-order valence-corrected chi connectivity index (χ2v) is 7.70. The number of halogens is 1. The summed E-state index contributed by atoms with van der Waals surface area (Å²) < 4.78 is 11.2. The van der Waals surface area contributed by atoms with E-state index in [-0.39, 0.29) is 24.0 Å². The Bertz CT molecular complexity index is 608. The molecule has 3 unspecified atom stereocenters. The van der Waals surface area contributed by atoms with Crippen molar-refractivity contribution in [3.63, 3.8) is 0 Å². The Morgan fingerprint density at radius 3 is 2.60 bits per heavy atom. The number of nitrogens with zero attached hydrogens (tertiary/aromatic N) is 2. The number of nitrogens with one attached hydrogen (secondary N) is 2. The van der Waals surface area contributed by atoms with Crippen molar-refractivity contribution in [3.8, 4) is 0 Å². The largest absolute Gasteiger partial charge is 0.388 e. The van der Waals surface area contributed by atoms with Crippen LogP contribution in [-0.2, 0) is 9.47 Å². The summed E-state index contributed by atoms with van der Waals surface area (Å²) in [4.78, 5) is 7.39. The van der Waals surface area contributed by atoms with E-state index in [4.69, 9.17) is 14.5 Å². The van der Waals surface area contributed by atoms with E-state index in [0.717, 1.165) is 70.6 Å². The average Bonchev–Trinajstić information content (AvgIpc) is 3.30. The van der Waals surface area contributed by atoms with Crippen molar-refractivity contribution >= 4 is 29.9 Å². The number of rotatable bonds is 9. The molecule has 3 N–H and O–H groups in total. The molecule has 1 aromatic carbocycles. The number of aliphatic imine (C=N–C) groups is 1. The summed E-state index contributed by atoms with van der Waals surface area (Å²) in [7, 11) is 0. The maximum absolute atomic E-state index is 10.4. The molecule has 7 nitrogen and oxygen atoms in total. The fraction of sp³-hybridized carbons (Fsp3) is 0.682. The van der Waals surface area contributed by atoms with Crippen LogP contribution in [0.15, 0.2) is 35.3 Å². The molecule has 0 aromatic heterocycles. The van der Waals surface area contributed by atoms with Gasteiger partial charge in [-0.05, 0) is 25.3 Å². The molecular formula is C22H37IN4O3. The normalized spacial score (nSPS) is 22.2. The Morgan fingerprint density at radius 2 is 1.93 bits per heavy atom. The van der Waals surface area contributed by atoms with Gasteiger partial charge in [-0.2, -0.15) is 0 Å². The molecule has 8 heteroatoms. The lowest BCUT2D eigenvalue weighted by Gasteiger charge is -2.36. The molecule has 2 saturated heterocycles. The molecule has 0 amide bonds. The van der Waals surface area contributed by atoms with E-state index >= 15 is 0 Å². The molecule has 0 aliphatic carbocycles. The molecule has 3 rings (SSSR count). The monoisotopic (exact) mass is 532 g/mol. The molecule has 0 bridgehead atoms. The smallest absolute Gasteiger partial charge is 0.191 e. The zero-order chi connectivity index (χ0) is 20.3. The highest BCUT2D eigenvalue weighted by atomic mass is 127. The maximum atomic E-state index is 10.4. The predicted octanol–water partition coefficient (Wildman–Crippen LogP) is 2.02. The lowest BCUT2D eigenvalue weighted by molar-refractivity contribution is 0.00368. The number of guanidine groups is 1. The van der Waals surface area contributed by atoms with Crippen LogP contribution in [0.1, 0.15) is 31.4 Å². The van der Waals surface area contributed by atoms with Crippen LogP contribution in [0.3, 0.4) is 0 Å². The van der Waals surface area contributed by atoms with E-state index in [0.29, 0.717) is 24.9 Å². The first-order valence-electron chi connectivity index (χ1n) is 10.9. The van der Waals surface area contributed by atoms with Crippen molar-refractivity contribution in [2.45, 2.75) is 31.9 Å². The summed E-state index contributed by atoms with van der Waals surface area (Å²) in [6, 6.07) is 10.2. The zero-order valence-corrected chi connectivity index (χ0v) is 20.3. The van der Waals surface area contributed by atoms with Gasteiger partial charge in [0.05, 0.1) is 32.5 Å². The second kappa shape index (κ2) is 14.2. The third-order valence-electron chi connectivity index (χ3n) is 5.70. The van der Waals surface area contributed by atoms with Gasteiger partial charge in [-0.1, -0.05) is 30.3 Å². The lowest BCUT2D eigenvalue weighted by atomic mass is 9.97. The molecule has 170 valence electrons. The predicted molar refractivity (Wildman–Crippen MR) is 131 cm³/mol. The first kappa shape index (κ1) is 25.3. The summed E-state index contributed by atoms with van der Waals surface area (Å²) in [5, 5.41) is 17.1. The number of hydrogen-bond donors (Lipinski definition) is 3. The van der Waals surface area contributed by atoms with Crippen molar-refractivity contribution in [2.75, 3.05) is 59.2 Å². The van der Waals surface area contributed by atoms with Crippen LogP contribution in [0.25, 0.3) is 0 Å². The highest BCUT2D eigenvalue weighted by Crippen LogP contribution is 2.22. The molecule has 1 aromatic rings. The van der Waals surface area contributed by atoms with Crippen molar-refractivity contribution in [1.82, 2.24) is 15.5 Å². The molecule has 2 aliphatic heterocycles. The van der Waals surface area contributed by atoms with E-state index in [1.54, 1.807) is 0 Å². The van der Waals surface area contributed by atoms with Crippen LogP contribution < -0.4 is 10.6 Å². The van der Waals surface area contributed by atoms with Gasteiger partial charge in [0.15, 0.2) is 5.96 Å². The Hall–Kier alpha value is -0.940. The van der Waals surface area contributed by atoms with E-state index in [9.17, 15) is 5.11 Å². The van der Waals surface area contributed by atoms with Gasteiger partial charge < -0.3 is 25.2 Å². The van der Waals surface area contributed by atoms with Gasteiger partial charge in [0.2, 0.25) is 0 Å². The molecule has 0 spiro atoms. The van der Waals surface area contributed by atoms with Crippen LogP contribution in [-0.4, -0.2) is 81.2 Å². The number of benzene rings is 1. The number of ether oxygens (including phenoxy) is 2. The molecule has 3 atom stereocenters. The Labute approximate surface area is 197 Å². The maximum Gasteiger partial charge on any atom is 0.191 e. The summed E-state index contributed by atoms with van der Waals surface area (Å²) >= 11 is 0. The standard InChI is InChI=1S/C22H36N4O3.HI/c1-2-23-22(24-10-8-21(27)18-6-4-3-5-7-18)25-16-20(19-9-13-29-17-19)26-11-14-28-15-12-26;/h3-7,19-21,27H,2,8-17H2,1H3,(H2,23,24,25);1H. The lowest BCUT2D eigenvalue weighted by Crippen LogP contribution is -2.49. The van der Waals surface area contributed by atoms with Gasteiger partial charge in [-0.25, -0.2) is 0 Å². The van der Waals surface area contributed by atoms with Crippen LogP contribution in [0.5, 0.6) is 0 Å². The minimum Gasteiger partial charge on any atom is -0.388 e. The van der Waals surface area contributed by atoms with E-state index in [2.05, 4.69) is 22.5 Å². The van der Waals surface area contributed by atoms with Crippen LogP contribution in [0.2, 0.25) is 0 Å². The summed E-state index contributed by atoms with van der Waals surface area (Å²) in [6.45, 7) is 9.47. The minimum absolute atomic E-state index is 0. The van der Waals surface area contributed by atoms with Gasteiger partial charge >= 0.3 is 0 Å². The Balaban J connectivity index is 0.00000320. The third-order valence-corrected chi connectivity index (χ3v) is 5.70. The fourth-order valence-corrected chi connectivity index (χ4v) is 4.02. The number of morpholine rings is 1. The van der Waals surface area contributed by atoms with E-state index in [1.807, 2.05) is 30.3 Å². The Kier molecular flexibility index (Phi) is 12.0. The second-order valence-electron chi connectivity index (χ2n) is 7.70. The highest BCUT2D eigenvalue weighted by Gasteiger charge is 2.31. The molecule has 0 radical (unpaired) electrons. The highest BCUT2D eigenvalue weighted by molar-refractivity contribution is 14.0. The van der Waals surface area contributed by atoms with Crippen molar-refractivity contribution < 1.29 is 14.6 Å². The topological polar surface area (TPSA) is 78.4 Å². The van der Waals surface area contributed by atoms with Gasteiger partial charge in [0.1, 0.15) is 0 Å². The van der Waals surface area contributed by atoms with Crippen molar-refractivity contribution in [3.05, 3.63) is 35.9 Å². The van der Waals surface area contributed by atoms with Crippen molar-refractivity contribution in [1.29, 1.82) is 0 Å². The van der Waals surface area contributed by atoms with Crippen LogP contribution >= 0.6 is 24.0 Å². The zero-order valence-electron chi connectivity index (χ0n) is 18.0. The van der Waals surface area contributed by atoms with Crippen LogP contribution in [0.4, 0.5) is 0 Å². The molecule has 2 fully saturated rings. The summed E-state index contributed by atoms with van der Waals surface area (Å²) in [5.74, 6) is 1.34. The third kappa shape index (κ3) is 7.96. The molecule has 0 saturated carbocycles. The van der Waals surface area contributed by atoms with Crippen molar-refractivity contribution in [2.24, 2.45) is 10.9 Å². The minimum atomic E-state index is -0.469. The van der Waals surface area contributed by atoms with Gasteiger partial charge in [0.25, 0.3) is 0 Å². The average molecular weight is 532 g/mol. The number of aliphatic hydroxyl groups excluding tert-OH is 1. The van der Waals surface area contributed by atoms with E-state index < -0.39 is 6.10 Å². The van der Waals surface area contributed by atoms with E-state index in [1.165, 1.54) is 0 Å². The first-order valence-corrected chi connectivity index (χ1v) is 10.9.